The Morgan fingerprint density at radius 2 is 1.84 bits per heavy atom. The van der Waals surface area contributed by atoms with Crippen LogP contribution < -0.4 is 5.73 Å². The molecule has 2 N–H and O–H groups in total. The molecule has 0 spiro atoms. The summed E-state index contributed by atoms with van der Waals surface area (Å²) >= 11 is 0. The molecule has 2 amide bonds. The van der Waals surface area contributed by atoms with Gasteiger partial charge in [-0.1, -0.05) is 31.9 Å². The number of allylic oxidation sites excluding steroid dienone is 2. The predicted molar refractivity (Wildman–Crippen MR) is 71.9 cm³/mol. The number of likely N-dealkylation sites (tertiary alicyclic amines) is 1. The van der Waals surface area contributed by atoms with Crippen molar-refractivity contribution in [2.75, 3.05) is 6.54 Å². The molecule has 1 aliphatic heterocycles. The van der Waals surface area contributed by atoms with Gasteiger partial charge in [0.05, 0.1) is 17.9 Å². The van der Waals surface area contributed by atoms with Gasteiger partial charge in [-0.25, -0.2) is 0 Å². The summed E-state index contributed by atoms with van der Waals surface area (Å²) in [6.07, 6.45) is 8.16. The highest BCUT2D eigenvalue weighted by Gasteiger charge is 2.60. The van der Waals surface area contributed by atoms with Crippen molar-refractivity contribution in [3.8, 4) is 0 Å². The third-order valence-electron chi connectivity index (χ3n) is 5.03. The van der Waals surface area contributed by atoms with Crippen LogP contribution in [0.1, 0.15) is 32.6 Å². The number of fused-ring (bicyclic) bond motifs is 5. The lowest BCUT2D eigenvalue weighted by Gasteiger charge is -2.26. The number of amides is 2. The highest BCUT2D eigenvalue weighted by Crippen LogP contribution is 2.52. The third kappa shape index (κ3) is 1.76. The van der Waals surface area contributed by atoms with Gasteiger partial charge in [0.1, 0.15) is 0 Å². The summed E-state index contributed by atoms with van der Waals surface area (Å²) in [4.78, 5) is 26.6. The maximum atomic E-state index is 12.6. The molecule has 2 bridgehead atoms. The van der Waals surface area contributed by atoms with Crippen molar-refractivity contribution in [3.63, 3.8) is 0 Å². The van der Waals surface area contributed by atoms with Crippen molar-refractivity contribution >= 4 is 11.8 Å². The molecule has 5 unspecified atom stereocenters. The minimum Gasteiger partial charge on any atom is -0.328 e. The summed E-state index contributed by atoms with van der Waals surface area (Å²) in [5.41, 5.74) is 5.79. The number of carbonyl (C=O) groups excluding carboxylic acids is 2. The number of nitrogens with zero attached hydrogens (tertiary/aromatic N) is 1. The molecular formula is C15H22N2O2. The summed E-state index contributed by atoms with van der Waals surface area (Å²) in [5, 5.41) is 0. The van der Waals surface area contributed by atoms with Crippen molar-refractivity contribution in [2.45, 2.75) is 38.6 Å². The molecule has 2 aliphatic carbocycles. The van der Waals surface area contributed by atoms with Gasteiger partial charge in [-0.15, -0.1) is 0 Å². The monoisotopic (exact) mass is 262 g/mol. The first-order valence-corrected chi connectivity index (χ1v) is 7.44. The molecule has 104 valence electrons. The topological polar surface area (TPSA) is 63.4 Å². The average molecular weight is 262 g/mol. The minimum atomic E-state index is -0.0926. The van der Waals surface area contributed by atoms with E-state index in [1.54, 1.807) is 0 Å². The average Bonchev–Trinajstić information content (AvgIpc) is 3.07. The van der Waals surface area contributed by atoms with E-state index in [1.165, 1.54) is 4.90 Å². The number of hydrogen-bond acceptors (Lipinski definition) is 3. The minimum absolute atomic E-state index is 0.0402. The van der Waals surface area contributed by atoms with Crippen LogP contribution in [0.15, 0.2) is 12.2 Å². The fraction of sp³-hybridized carbons (Fsp3) is 0.733. The number of rotatable bonds is 5. The number of nitrogens with two attached hydrogens (primary N) is 1. The molecule has 1 saturated carbocycles. The Balaban J connectivity index is 1.81. The Hall–Kier alpha value is -1.16. The SMILES string of the molecule is CCCCC(CN)N1C(=O)C2C3C=CC(C3)C2C1=O. The Bertz CT molecular complexity index is 402. The molecule has 0 aromatic carbocycles. The fourth-order valence-corrected chi connectivity index (χ4v) is 4.08. The van der Waals surface area contributed by atoms with Gasteiger partial charge in [0.15, 0.2) is 0 Å². The highest BCUT2D eigenvalue weighted by atomic mass is 16.2. The maximum Gasteiger partial charge on any atom is 0.234 e. The van der Waals surface area contributed by atoms with E-state index in [1.807, 2.05) is 0 Å². The van der Waals surface area contributed by atoms with E-state index >= 15 is 0 Å². The first kappa shape index (κ1) is 12.9. The van der Waals surface area contributed by atoms with Crippen molar-refractivity contribution in [1.29, 1.82) is 0 Å². The van der Waals surface area contributed by atoms with Crippen molar-refractivity contribution in [3.05, 3.63) is 12.2 Å². The fourth-order valence-electron chi connectivity index (χ4n) is 4.08. The quantitative estimate of drug-likeness (QED) is 0.600. The van der Waals surface area contributed by atoms with Crippen LogP contribution in [0.4, 0.5) is 0 Å². The van der Waals surface area contributed by atoms with Crippen LogP contribution >= 0.6 is 0 Å². The van der Waals surface area contributed by atoms with Gasteiger partial charge in [-0.05, 0) is 24.7 Å². The number of unbranched alkanes of at least 4 members (excludes halogenated alkanes) is 1. The standard InChI is InChI=1S/C15H22N2O2/c1-2-3-4-11(8-16)17-14(18)12-9-5-6-10(7-9)13(12)15(17)19/h5-6,9-13H,2-4,7-8,16H2,1H3. The van der Waals surface area contributed by atoms with Gasteiger partial charge >= 0.3 is 0 Å². The normalized spacial score (nSPS) is 37.3. The molecule has 3 aliphatic rings. The van der Waals surface area contributed by atoms with Gasteiger partial charge < -0.3 is 5.73 Å². The van der Waals surface area contributed by atoms with E-state index in [0.29, 0.717) is 18.4 Å². The molecule has 1 heterocycles. The highest BCUT2D eigenvalue weighted by molar-refractivity contribution is 6.06. The second-order valence-corrected chi connectivity index (χ2v) is 6.08. The first-order chi connectivity index (χ1) is 9.19. The lowest BCUT2D eigenvalue weighted by molar-refractivity contribution is -0.143. The first-order valence-electron chi connectivity index (χ1n) is 7.44. The second kappa shape index (κ2) is 4.75. The molecule has 4 heteroatoms. The zero-order chi connectivity index (χ0) is 13.6. The molecule has 5 atom stereocenters. The zero-order valence-corrected chi connectivity index (χ0v) is 11.4. The summed E-state index contributed by atoms with van der Waals surface area (Å²) in [6, 6.07) is -0.0926. The molecule has 0 aromatic heterocycles. The van der Waals surface area contributed by atoms with Crippen LogP contribution in [0.5, 0.6) is 0 Å². The number of carbonyl (C=O) groups is 2. The Morgan fingerprint density at radius 3 is 2.32 bits per heavy atom. The van der Waals surface area contributed by atoms with Gasteiger partial charge in [0, 0.05) is 6.54 Å². The second-order valence-electron chi connectivity index (χ2n) is 6.08. The summed E-state index contributed by atoms with van der Waals surface area (Å²) < 4.78 is 0. The van der Waals surface area contributed by atoms with Crippen LogP contribution in [0.3, 0.4) is 0 Å². The Morgan fingerprint density at radius 1 is 1.26 bits per heavy atom. The Labute approximate surface area is 114 Å². The number of hydrogen-bond donors (Lipinski definition) is 1. The Kier molecular flexibility index (Phi) is 3.21. The van der Waals surface area contributed by atoms with Crippen molar-refractivity contribution in [2.24, 2.45) is 29.4 Å². The molecule has 0 aromatic rings. The summed E-state index contributed by atoms with van der Waals surface area (Å²) in [6.45, 7) is 2.50. The molecule has 1 saturated heterocycles. The summed E-state index contributed by atoms with van der Waals surface area (Å²) in [7, 11) is 0. The molecule has 4 nitrogen and oxygen atoms in total. The largest absolute Gasteiger partial charge is 0.328 e. The third-order valence-corrected chi connectivity index (χ3v) is 5.03. The van der Waals surface area contributed by atoms with E-state index in [9.17, 15) is 9.59 Å². The van der Waals surface area contributed by atoms with Gasteiger partial charge in [-0.3, -0.25) is 14.5 Å². The van der Waals surface area contributed by atoms with Gasteiger partial charge in [0.25, 0.3) is 0 Å². The van der Waals surface area contributed by atoms with E-state index in [2.05, 4.69) is 19.1 Å². The van der Waals surface area contributed by atoms with Crippen LogP contribution in [0.2, 0.25) is 0 Å². The lowest BCUT2D eigenvalue weighted by Crippen LogP contribution is -2.45. The number of imide groups is 1. The van der Waals surface area contributed by atoms with E-state index < -0.39 is 0 Å². The molecular weight excluding hydrogens is 240 g/mol. The van der Waals surface area contributed by atoms with Gasteiger partial charge in [0.2, 0.25) is 11.8 Å². The smallest absolute Gasteiger partial charge is 0.234 e. The molecule has 2 fully saturated rings. The van der Waals surface area contributed by atoms with Gasteiger partial charge in [-0.2, -0.15) is 0 Å². The van der Waals surface area contributed by atoms with Crippen LogP contribution in [-0.4, -0.2) is 29.3 Å². The lowest BCUT2D eigenvalue weighted by atomic mass is 9.85. The summed E-state index contributed by atoms with van der Waals surface area (Å²) in [5.74, 6) is 0.496. The van der Waals surface area contributed by atoms with E-state index in [0.717, 1.165) is 25.7 Å². The van der Waals surface area contributed by atoms with Crippen LogP contribution in [0.25, 0.3) is 0 Å². The van der Waals surface area contributed by atoms with Crippen molar-refractivity contribution in [1.82, 2.24) is 4.90 Å². The van der Waals surface area contributed by atoms with E-state index in [4.69, 9.17) is 5.73 Å². The van der Waals surface area contributed by atoms with Crippen molar-refractivity contribution < 1.29 is 9.59 Å². The van der Waals surface area contributed by atoms with Crippen LogP contribution in [0, 0.1) is 23.7 Å². The molecule has 3 rings (SSSR count). The zero-order valence-electron chi connectivity index (χ0n) is 11.4. The molecule has 19 heavy (non-hydrogen) atoms. The van der Waals surface area contributed by atoms with Crippen LogP contribution in [-0.2, 0) is 9.59 Å². The maximum absolute atomic E-state index is 12.6. The van der Waals surface area contributed by atoms with E-state index in [-0.39, 0.29) is 29.7 Å². The molecule has 0 radical (unpaired) electrons. The predicted octanol–water partition coefficient (Wildman–Crippen LogP) is 1.31.